The highest BCUT2D eigenvalue weighted by Crippen LogP contribution is 2.37. The molecule has 9 nitrogen and oxygen atoms in total. The van der Waals surface area contributed by atoms with E-state index in [2.05, 4.69) is 0 Å². The molecule has 0 radical (unpaired) electrons. The molecular weight excluding hydrogens is 707 g/mol. The van der Waals surface area contributed by atoms with Crippen LogP contribution in [0.1, 0.15) is 39.0 Å². The predicted molar refractivity (Wildman–Crippen MR) is 189 cm³/mol. The number of benzene rings is 5. The average Bonchev–Trinajstić information content (AvgIpc) is 3.08. The molecule has 49 heavy (non-hydrogen) atoms. The van der Waals surface area contributed by atoms with E-state index in [0.717, 1.165) is 28.8 Å². The Morgan fingerprint density at radius 3 is 2.06 bits per heavy atom. The number of carbonyl (C=O) groups excluding carboxylic acids is 1. The first-order valence-electron chi connectivity index (χ1n) is 15.0. The third-order valence-corrected chi connectivity index (χ3v) is 11.1. The number of phenolic OH excluding ortho intramolecular Hbond substituents is 1. The van der Waals surface area contributed by atoms with Gasteiger partial charge in [0.25, 0.3) is 0 Å². The Bertz CT molecular complexity index is 2210. The van der Waals surface area contributed by atoms with Gasteiger partial charge < -0.3 is 10.2 Å². The van der Waals surface area contributed by atoms with Gasteiger partial charge in [-0.1, -0.05) is 108 Å². The number of carbonyl (C=O) groups is 1. The smallest absolute Gasteiger partial charge is 0.247 e. The number of aliphatic hydroxyl groups excluding tert-OH is 1. The zero-order valence-corrected chi connectivity index (χ0v) is 29.1. The number of nitrogens with two attached hydrogens (primary N) is 1. The summed E-state index contributed by atoms with van der Waals surface area (Å²) in [7, 11) is -8.42. The largest absolute Gasteiger partial charge is 0.505 e. The van der Waals surface area contributed by atoms with Crippen molar-refractivity contribution in [3.05, 3.63) is 147 Å². The Labute approximate surface area is 295 Å². The van der Waals surface area contributed by atoms with Crippen LogP contribution in [-0.2, 0) is 46.2 Å². The minimum atomic E-state index is -4.36. The van der Waals surface area contributed by atoms with Crippen LogP contribution in [0.15, 0.2) is 119 Å². The van der Waals surface area contributed by atoms with Gasteiger partial charge in [-0.3, -0.25) is 4.79 Å². The lowest BCUT2D eigenvalue weighted by Gasteiger charge is -2.24. The van der Waals surface area contributed by atoms with Crippen LogP contribution in [0.3, 0.4) is 0 Å². The van der Waals surface area contributed by atoms with E-state index in [0.29, 0.717) is 11.1 Å². The van der Waals surface area contributed by atoms with Gasteiger partial charge in [-0.05, 0) is 64.1 Å². The van der Waals surface area contributed by atoms with E-state index >= 15 is 0 Å². The Morgan fingerprint density at radius 2 is 1.39 bits per heavy atom. The number of aliphatic hydroxyl groups is 1. The monoisotopic (exact) mass is 738 g/mol. The van der Waals surface area contributed by atoms with Crippen molar-refractivity contribution in [1.82, 2.24) is 4.31 Å². The number of Topliss-reactive ketones (excluding diaryl/α,β-unsaturated/α-hetero) is 1. The summed E-state index contributed by atoms with van der Waals surface area (Å²) in [6.45, 7) is -0.610. The minimum Gasteiger partial charge on any atom is -0.505 e. The summed E-state index contributed by atoms with van der Waals surface area (Å²) < 4.78 is 53.1. The number of rotatable bonds is 13. The zero-order chi connectivity index (χ0) is 35.3. The van der Waals surface area contributed by atoms with E-state index in [9.17, 15) is 31.8 Å². The summed E-state index contributed by atoms with van der Waals surface area (Å²) in [5, 5.41) is 25.5. The first-order chi connectivity index (χ1) is 23.3. The maximum absolute atomic E-state index is 14.1. The standard InChI is InChI=1S/C36H32Cl2N2O7S2/c37-30-18-33(38)36(43)35(19-30)49(46,47)40(21-25-9-12-28(13-10-25)27-7-2-1-3-8-27)22-26-6-4-5-24(17-26)11-16-34(42)32-20-31(48(39,44)45)15-14-29(32)23-41/h1-10,12-15,17-20,41,43H,11,16,21-23H2,(H2,39,44,45). The molecule has 5 aromatic carbocycles. The average molecular weight is 740 g/mol. The molecule has 0 aliphatic carbocycles. The minimum absolute atomic E-state index is 0.0187. The van der Waals surface area contributed by atoms with Crippen LogP contribution in [-0.4, -0.2) is 37.1 Å². The molecule has 0 aliphatic heterocycles. The molecule has 0 spiro atoms. The Kier molecular flexibility index (Phi) is 11.3. The zero-order valence-electron chi connectivity index (χ0n) is 26.0. The van der Waals surface area contributed by atoms with Gasteiger partial charge in [-0.25, -0.2) is 22.0 Å². The van der Waals surface area contributed by atoms with Crippen LogP contribution >= 0.6 is 23.2 Å². The van der Waals surface area contributed by atoms with Crippen LogP contribution in [0, 0.1) is 0 Å². The number of nitrogens with zero attached hydrogens (tertiary/aromatic N) is 1. The van der Waals surface area contributed by atoms with Crippen molar-refractivity contribution in [3.63, 3.8) is 0 Å². The Morgan fingerprint density at radius 1 is 0.735 bits per heavy atom. The van der Waals surface area contributed by atoms with Crippen LogP contribution in [0.2, 0.25) is 10.0 Å². The van der Waals surface area contributed by atoms with E-state index < -0.39 is 43.1 Å². The third-order valence-electron chi connectivity index (χ3n) is 7.90. The van der Waals surface area contributed by atoms with Gasteiger partial charge in [0.1, 0.15) is 4.90 Å². The van der Waals surface area contributed by atoms with E-state index in [1.165, 1.54) is 22.5 Å². The number of primary sulfonamides is 1. The number of phenols is 1. The quantitative estimate of drug-likeness (QED) is 0.113. The molecule has 5 rings (SSSR count). The summed E-state index contributed by atoms with van der Waals surface area (Å²) in [5.41, 5.74) is 4.32. The van der Waals surface area contributed by atoms with Crippen LogP contribution < -0.4 is 5.14 Å². The molecule has 0 saturated heterocycles. The van der Waals surface area contributed by atoms with Crippen molar-refractivity contribution < 1.29 is 31.8 Å². The van der Waals surface area contributed by atoms with Gasteiger partial charge in [0.05, 0.1) is 16.5 Å². The van der Waals surface area contributed by atoms with E-state index in [1.807, 2.05) is 54.6 Å². The molecule has 0 heterocycles. The van der Waals surface area contributed by atoms with Crippen molar-refractivity contribution in [2.45, 2.75) is 42.3 Å². The van der Waals surface area contributed by atoms with E-state index in [1.54, 1.807) is 24.3 Å². The van der Waals surface area contributed by atoms with Crippen molar-refractivity contribution in [2.75, 3.05) is 0 Å². The fourth-order valence-corrected chi connectivity index (χ4v) is 8.05. The highest BCUT2D eigenvalue weighted by Gasteiger charge is 2.30. The maximum atomic E-state index is 14.1. The first-order valence-corrected chi connectivity index (χ1v) is 18.7. The molecule has 0 unspecified atom stereocenters. The lowest BCUT2D eigenvalue weighted by atomic mass is 9.98. The highest BCUT2D eigenvalue weighted by atomic mass is 35.5. The molecule has 0 atom stereocenters. The van der Waals surface area contributed by atoms with Crippen LogP contribution in [0.25, 0.3) is 11.1 Å². The van der Waals surface area contributed by atoms with E-state index in [4.69, 9.17) is 28.3 Å². The normalized spacial score (nSPS) is 11.9. The fourth-order valence-electron chi connectivity index (χ4n) is 5.35. The molecule has 13 heteroatoms. The van der Waals surface area contributed by atoms with Gasteiger partial charge in [-0.2, -0.15) is 4.31 Å². The highest BCUT2D eigenvalue weighted by molar-refractivity contribution is 7.89. The Hall–Kier alpha value is -4.07. The lowest BCUT2D eigenvalue weighted by molar-refractivity contribution is 0.0979. The second-order valence-corrected chi connectivity index (χ2v) is 15.6. The number of aryl methyl sites for hydroxylation is 1. The van der Waals surface area contributed by atoms with E-state index in [-0.39, 0.29) is 52.0 Å². The SMILES string of the molecule is NS(=O)(=O)c1ccc(CO)c(C(=O)CCc2cccc(CN(Cc3ccc(-c4ccccc4)cc3)S(=O)(=O)c3cc(Cl)cc(Cl)c3O)c2)c1. The molecule has 0 amide bonds. The van der Waals surface area contributed by atoms with Crippen molar-refractivity contribution in [1.29, 1.82) is 0 Å². The second-order valence-electron chi connectivity index (χ2n) is 11.3. The topological polar surface area (TPSA) is 155 Å². The summed E-state index contributed by atoms with van der Waals surface area (Å²) in [4.78, 5) is 12.5. The summed E-state index contributed by atoms with van der Waals surface area (Å²) in [6, 6.07) is 30.4. The third kappa shape index (κ3) is 8.75. The molecule has 5 aromatic rings. The lowest BCUT2D eigenvalue weighted by Crippen LogP contribution is -2.30. The second kappa shape index (κ2) is 15.2. The molecule has 0 fully saturated rings. The number of ketones is 1. The molecule has 0 bridgehead atoms. The molecule has 4 N–H and O–H groups in total. The molecule has 0 aromatic heterocycles. The molecule has 0 saturated carbocycles. The van der Waals surface area contributed by atoms with Crippen LogP contribution in [0.5, 0.6) is 5.75 Å². The first kappa shape index (κ1) is 36.2. The van der Waals surface area contributed by atoms with Crippen LogP contribution in [0.4, 0.5) is 0 Å². The number of halogens is 2. The fraction of sp³-hybridized carbons (Fsp3) is 0.139. The van der Waals surface area contributed by atoms with Crippen molar-refractivity contribution in [2.24, 2.45) is 5.14 Å². The number of sulfonamides is 2. The van der Waals surface area contributed by atoms with Crippen molar-refractivity contribution >= 4 is 49.0 Å². The maximum Gasteiger partial charge on any atom is 0.247 e. The van der Waals surface area contributed by atoms with Gasteiger partial charge in [0.15, 0.2) is 11.5 Å². The molecule has 0 aliphatic rings. The summed E-state index contributed by atoms with van der Waals surface area (Å²) >= 11 is 12.3. The molecule has 254 valence electrons. The summed E-state index contributed by atoms with van der Waals surface area (Å²) in [6.07, 6.45) is 0.227. The van der Waals surface area contributed by atoms with Gasteiger partial charge in [0, 0.05) is 30.1 Å². The number of hydrogen-bond acceptors (Lipinski definition) is 7. The van der Waals surface area contributed by atoms with Gasteiger partial charge in [-0.15, -0.1) is 0 Å². The molecular formula is C36H32Cl2N2O7S2. The van der Waals surface area contributed by atoms with Gasteiger partial charge in [0.2, 0.25) is 20.0 Å². The number of aromatic hydroxyl groups is 1. The van der Waals surface area contributed by atoms with Gasteiger partial charge >= 0.3 is 0 Å². The Balaban J connectivity index is 1.42. The van der Waals surface area contributed by atoms with Crippen molar-refractivity contribution in [3.8, 4) is 16.9 Å². The number of hydrogen-bond donors (Lipinski definition) is 3. The predicted octanol–water partition coefficient (Wildman–Crippen LogP) is 6.71. The summed E-state index contributed by atoms with van der Waals surface area (Å²) in [5.74, 6) is -1.01.